The zero-order valence-electron chi connectivity index (χ0n) is 20.9. The second-order valence-electron chi connectivity index (χ2n) is 8.68. The molecule has 4 aromatic rings. The Labute approximate surface area is 234 Å². The van der Waals surface area contributed by atoms with Crippen molar-refractivity contribution in [2.45, 2.75) is 40.0 Å². The molecular formula is C30H27O5U-. The Kier molecular flexibility index (Phi) is 8.44. The molecule has 0 amide bonds. The van der Waals surface area contributed by atoms with E-state index in [0.29, 0.717) is 45.9 Å². The Balaban J connectivity index is 0.00000180. The van der Waals surface area contributed by atoms with Gasteiger partial charge in [-0.05, 0) is 66.9 Å². The van der Waals surface area contributed by atoms with Crippen LogP contribution in [0.4, 0.5) is 0 Å². The van der Waals surface area contributed by atoms with Crippen molar-refractivity contribution in [2.24, 2.45) is 0 Å². The van der Waals surface area contributed by atoms with E-state index in [4.69, 9.17) is 9.15 Å². The molecule has 0 bridgehead atoms. The second kappa shape index (κ2) is 11.0. The van der Waals surface area contributed by atoms with Gasteiger partial charge in [-0.2, -0.15) is 0 Å². The first-order valence-corrected chi connectivity index (χ1v) is 11.5. The van der Waals surface area contributed by atoms with Crippen LogP contribution in [-0.4, -0.2) is 17.5 Å². The fourth-order valence-electron chi connectivity index (χ4n) is 4.61. The molecule has 1 aliphatic rings. The van der Waals surface area contributed by atoms with E-state index < -0.39 is 11.6 Å². The summed E-state index contributed by atoms with van der Waals surface area (Å²) in [5, 5.41) is 1.70. The van der Waals surface area contributed by atoms with Gasteiger partial charge in [0, 0.05) is 59.8 Å². The Bertz CT molecular complexity index is 1480. The zero-order valence-corrected chi connectivity index (χ0v) is 25.0. The molecule has 5 nitrogen and oxygen atoms in total. The van der Waals surface area contributed by atoms with Crippen LogP contribution in [0.2, 0.25) is 0 Å². The van der Waals surface area contributed by atoms with Gasteiger partial charge in [-0.1, -0.05) is 37.6 Å². The molecule has 0 atom stereocenters. The first-order chi connectivity index (χ1) is 16.4. The molecule has 1 aromatic heterocycles. The maximum Gasteiger partial charge on any atom is 0.311 e. The molecule has 0 aliphatic heterocycles. The fourth-order valence-corrected chi connectivity index (χ4v) is 4.61. The van der Waals surface area contributed by atoms with Crippen molar-refractivity contribution in [3.05, 3.63) is 84.3 Å². The summed E-state index contributed by atoms with van der Waals surface area (Å²) >= 11 is 0. The van der Waals surface area contributed by atoms with Crippen molar-refractivity contribution >= 4 is 28.3 Å². The SMILES string of the molecule is CCCCC(=O)Oc1ccc(-c2oc3c(c2C)C(=O)C(=O)c2c-3ccc3c(C)cccc23)cc1.[CH3-].[U]. The van der Waals surface area contributed by atoms with Gasteiger partial charge in [0.2, 0.25) is 11.6 Å². The Morgan fingerprint density at radius 3 is 2.25 bits per heavy atom. The normalized spacial score (nSPS) is 11.9. The van der Waals surface area contributed by atoms with Crippen LogP contribution >= 0.6 is 0 Å². The summed E-state index contributed by atoms with van der Waals surface area (Å²) in [6.07, 6.45) is 2.10. The number of Topliss-reactive ketones (excluding diaryl/α,β-unsaturated/α-hetero) is 2. The minimum absolute atomic E-state index is 0. The Morgan fingerprint density at radius 2 is 1.56 bits per heavy atom. The number of carbonyl (C=O) groups excluding carboxylic acids is 3. The third kappa shape index (κ3) is 4.61. The van der Waals surface area contributed by atoms with Crippen molar-refractivity contribution in [1.82, 2.24) is 0 Å². The molecule has 5 rings (SSSR count). The molecule has 0 saturated heterocycles. The van der Waals surface area contributed by atoms with Gasteiger partial charge in [0.05, 0.1) is 5.56 Å². The quantitative estimate of drug-likeness (QED) is 0.0943. The molecule has 1 heterocycles. The van der Waals surface area contributed by atoms with Crippen LogP contribution < -0.4 is 4.74 Å². The van der Waals surface area contributed by atoms with E-state index in [2.05, 4.69) is 0 Å². The van der Waals surface area contributed by atoms with Gasteiger partial charge in [0.1, 0.15) is 17.3 Å². The minimum atomic E-state index is -0.550. The van der Waals surface area contributed by atoms with Crippen LogP contribution in [0.15, 0.2) is 59.0 Å². The molecule has 0 spiro atoms. The van der Waals surface area contributed by atoms with E-state index in [0.717, 1.165) is 34.7 Å². The van der Waals surface area contributed by atoms with Crippen molar-refractivity contribution in [3.8, 4) is 28.4 Å². The first kappa shape index (κ1) is 27.6. The van der Waals surface area contributed by atoms with E-state index in [9.17, 15) is 14.4 Å². The zero-order chi connectivity index (χ0) is 24.0. The number of rotatable bonds is 5. The summed E-state index contributed by atoms with van der Waals surface area (Å²) in [6.45, 7) is 5.79. The largest absolute Gasteiger partial charge is 0.455 e. The van der Waals surface area contributed by atoms with Gasteiger partial charge < -0.3 is 16.6 Å². The number of hydrogen-bond donors (Lipinski definition) is 0. The van der Waals surface area contributed by atoms with E-state index in [1.54, 1.807) is 31.2 Å². The number of ether oxygens (including phenoxy) is 1. The third-order valence-corrected chi connectivity index (χ3v) is 6.41. The molecule has 0 saturated carbocycles. The molecule has 0 N–H and O–H groups in total. The van der Waals surface area contributed by atoms with E-state index in [-0.39, 0.29) is 44.5 Å². The third-order valence-electron chi connectivity index (χ3n) is 6.41. The average Bonchev–Trinajstić information content (AvgIpc) is 3.18. The number of furan rings is 1. The standard InChI is InChI=1S/C29H24O5.CH3.U/c1-4-5-9-23(30)33-19-12-10-18(11-13-19)28-17(3)24-26(31)27(32)25-21-8-6-7-16(2)20(21)14-15-22(25)29(24)34-28;;/h6-8,10-15H,4-5,9H2,1-3H3;1H3;/q;-1;. The first-order valence-electron chi connectivity index (χ1n) is 11.5. The maximum atomic E-state index is 13.2. The van der Waals surface area contributed by atoms with Crippen LogP contribution in [0, 0.1) is 52.4 Å². The topological polar surface area (TPSA) is 73.6 Å². The van der Waals surface area contributed by atoms with Gasteiger partial charge in [-0.3, -0.25) is 14.4 Å². The van der Waals surface area contributed by atoms with Crippen LogP contribution in [-0.2, 0) is 4.79 Å². The van der Waals surface area contributed by atoms with Crippen molar-refractivity contribution in [3.63, 3.8) is 0 Å². The molecule has 3 aromatic carbocycles. The van der Waals surface area contributed by atoms with Gasteiger partial charge in [-0.15, -0.1) is 0 Å². The van der Waals surface area contributed by atoms with E-state index >= 15 is 0 Å². The average molecular weight is 706 g/mol. The van der Waals surface area contributed by atoms with Gasteiger partial charge in [-0.25, -0.2) is 0 Å². The van der Waals surface area contributed by atoms with Crippen LogP contribution in [0.25, 0.3) is 33.4 Å². The number of aryl methyl sites for hydroxylation is 1. The summed E-state index contributed by atoms with van der Waals surface area (Å²) in [4.78, 5) is 38.3. The molecule has 182 valence electrons. The van der Waals surface area contributed by atoms with Crippen LogP contribution in [0.3, 0.4) is 0 Å². The Hall–Kier alpha value is -2.94. The molecule has 1 aliphatic carbocycles. The van der Waals surface area contributed by atoms with E-state index in [1.165, 1.54) is 0 Å². The molecular weight excluding hydrogens is 678 g/mol. The van der Waals surface area contributed by atoms with Crippen molar-refractivity contribution in [1.29, 1.82) is 0 Å². The smallest absolute Gasteiger partial charge is 0.311 e. The summed E-state index contributed by atoms with van der Waals surface area (Å²) in [7, 11) is 0. The van der Waals surface area contributed by atoms with E-state index in [1.807, 2.05) is 44.2 Å². The monoisotopic (exact) mass is 705 g/mol. The van der Waals surface area contributed by atoms with Crippen LogP contribution in [0.1, 0.15) is 58.0 Å². The maximum absolute atomic E-state index is 13.2. The molecule has 0 radical (unpaired) electrons. The molecule has 6 heteroatoms. The van der Waals surface area contributed by atoms with Gasteiger partial charge >= 0.3 is 5.97 Å². The van der Waals surface area contributed by atoms with Crippen molar-refractivity contribution < 1.29 is 54.7 Å². The summed E-state index contributed by atoms with van der Waals surface area (Å²) in [5.74, 6) is 0.0754. The molecule has 0 fully saturated rings. The predicted molar refractivity (Wildman–Crippen MR) is 137 cm³/mol. The number of fused-ring (bicyclic) bond motifs is 5. The number of esters is 1. The summed E-state index contributed by atoms with van der Waals surface area (Å²) in [6, 6.07) is 16.6. The summed E-state index contributed by atoms with van der Waals surface area (Å²) < 4.78 is 11.6. The van der Waals surface area contributed by atoms with Crippen LogP contribution in [0.5, 0.6) is 5.75 Å². The second-order valence-corrected chi connectivity index (χ2v) is 8.68. The summed E-state index contributed by atoms with van der Waals surface area (Å²) in [5.41, 5.74) is 3.74. The number of ketones is 2. The van der Waals surface area contributed by atoms with Gasteiger partial charge in [0.15, 0.2) is 0 Å². The minimum Gasteiger partial charge on any atom is -0.455 e. The number of hydrogen-bond acceptors (Lipinski definition) is 5. The number of benzene rings is 3. The molecule has 36 heavy (non-hydrogen) atoms. The fraction of sp³-hybridized carbons (Fsp3) is 0.200. The molecule has 0 unspecified atom stereocenters. The van der Waals surface area contributed by atoms with Gasteiger partial charge in [0.25, 0.3) is 0 Å². The van der Waals surface area contributed by atoms with Crippen molar-refractivity contribution in [2.75, 3.05) is 0 Å². The Morgan fingerprint density at radius 1 is 0.861 bits per heavy atom. The number of carbonyl (C=O) groups is 3. The predicted octanol–water partition coefficient (Wildman–Crippen LogP) is 7.31. The number of unbranched alkanes of at least 4 members (excludes halogenated alkanes) is 1.